The quantitative estimate of drug-likeness (QED) is 0.832. The summed E-state index contributed by atoms with van der Waals surface area (Å²) in [4.78, 5) is 1.36. The van der Waals surface area contributed by atoms with Gasteiger partial charge in [0.1, 0.15) is 4.90 Å². The van der Waals surface area contributed by atoms with E-state index in [1.165, 1.54) is 24.2 Å². The molecule has 2 heterocycles. The van der Waals surface area contributed by atoms with Crippen LogP contribution in [0.4, 0.5) is 0 Å². The summed E-state index contributed by atoms with van der Waals surface area (Å²) in [6.07, 6.45) is 3.15. The van der Waals surface area contributed by atoms with Crippen molar-refractivity contribution >= 4 is 21.4 Å². The Morgan fingerprint density at radius 1 is 1.35 bits per heavy atom. The highest BCUT2D eigenvalue weighted by Gasteiger charge is 2.29. The van der Waals surface area contributed by atoms with Crippen molar-refractivity contribution in [2.45, 2.75) is 49.7 Å². The molecule has 0 spiro atoms. The standard InChI is InChI=1S/C13H20N2O3S2/c1-9-8-19-12(6-14-10-2-3-10)13(9)20(16,17)15-11-4-5-18-7-11/h8,10-11,14-15H,2-7H2,1H3. The first-order valence-corrected chi connectivity index (χ1v) is 9.33. The van der Waals surface area contributed by atoms with E-state index in [-0.39, 0.29) is 6.04 Å². The molecule has 1 aromatic rings. The molecule has 3 rings (SSSR count). The molecule has 0 radical (unpaired) electrons. The molecule has 2 fully saturated rings. The van der Waals surface area contributed by atoms with Gasteiger partial charge in [0, 0.05) is 30.1 Å². The lowest BCUT2D eigenvalue weighted by Crippen LogP contribution is -2.35. The van der Waals surface area contributed by atoms with Crippen molar-refractivity contribution in [2.75, 3.05) is 13.2 Å². The molecule has 1 aliphatic carbocycles. The largest absolute Gasteiger partial charge is 0.380 e. The van der Waals surface area contributed by atoms with Crippen molar-refractivity contribution in [1.29, 1.82) is 0 Å². The van der Waals surface area contributed by atoms with Gasteiger partial charge in [-0.2, -0.15) is 0 Å². The minimum absolute atomic E-state index is 0.0939. The van der Waals surface area contributed by atoms with E-state index in [9.17, 15) is 8.42 Å². The zero-order valence-corrected chi connectivity index (χ0v) is 13.1. The fourth-order valence-electron chi connectivity index (χ4n) is 2.40. The number of rotatable bonds is 6. The first kappa shape index (κ1) is 14.5. The van der Waals surface area contributed by atoms with Crippen LogP contribution in [0.2, 0.25) is 0 Å². The summed E-state index contributed by atoms with van der Waals surface area (Å²) >= 11 is 1.52. The average Bonchev–Trinajstić information content (AvgIpc) is 2.94. The summed E-state index contributed by atoms with van der Waals surface area (Å²) < 4.78 is 33.1. The average molecular weight is 316 g/mol. The minimum Gasteiger partial charge on any atom is -0.380 e. The van der Waals surface area contributed by atoms with Crippen LogP contribution in [-0.4, -0.2) is 33.7 Å². The van der Waals surface area contributed by atoms with Gasteiger partial charge >= 0.3 is 0 Å². The second kappa shape index (κ2) is 5.73. The van der Waals surface area contributed by atoms with E-state index in [4.69, 9.17) is 4.74 Å². The van der Waals surface area contributed by atoms with Gasteiger partial charge in [-0.3, -0.25) is 0 Å². The van der Waals surface area contributed by atoms with E-state index in [2.05, 4.69) is 10.0 Å². The van der Waals surface area contributed by atoms with Gasteiger partial charge in [0.15, 0.2) is 0 Å². The van der Waals surface area contributed by atoms with Gasteiger partial charge in [0.05, 0.1) is 6.61 Å². The lowest BCUT2D eigenvalue weighted by molar-refractivity contribution is 0.192. The molecular weight excluding hydrogens is 296 g/mol. The smallest absolute Gasteiger partial charge is 0.242 e. The van der Waals surface area contributed by atoms with Gasteiger partial charge in [-0.25, -0.2) is 13.1 Å². The predicted octanol–water partition coefficient (Wildman–Crippen LogP) is 1.38. The van der Waals surface area contributed by atoms with E-state index >= 15 is 0 Å². The number of aryl methyl sites for hydroxylation is 1. The highest BCUT2D eigenvalue weighted by atomic mass is 32.2. The number of sulfonamides is 1. The molecular formula is C13H20N2O3S2. The molecule has 20 heavy (non-hydrogen) atoms. The van der Waals surface area contributed by atoms with Crippen LogP contribution in [0.3, 0.4) is 0 Å². The molecule has 2 aliphatic rings. The summed E-state index contributed by atoms with van der Waals surface area (Å²) in [6, 6.07) is 0.479. The van der Waals surface area contributed by atoms with Crippen LogP contribution in [0.1, 0.15) is 29.7 Å². The van der Waals surface area contributed by atoms with Crippen LogP contribution in [0, 0.1) is 6.92 Å². The number of nitrogens with one attached hydrogen (secondary N) is 2. The minimum atomic E-state index is -3.45. The topological polar surface area (TPSA) is 67.4 Å². The van der Waals surface area contributed by atoms with Crippen LogP contribution in [0.5, 0.6) is 0 Å². The summed E-state index contributed by atoms with van der Waals surface area (Å²) in [5.74, 6) is 0. The molecule has 7 heteroatoms. The number of thiophene rings is 1. The molecule has 1 saturated heterocycles. The van der Waals surface area contributed by atoms with Crippen molar-refractivity contribution in [3.8, 4) is 0 Å². The Hall–Kier alpha value is -0.470. The molecule has 0 bridgehead atoms. The monoisotopic (exact) mass is 316 g/mol. The van der Waals surface area contributed by atoms with Crippen LogP contribution in [0.25, 0.3) is 0 Å². The maximum Gasteiger partial charge on any atom is 0.242 e. The number of hydrogen-bond donors (Lipinski definition) is 2. The molecule has 2 N–H and O–H groups in total. The van der Waals surface area contributed by atoms with E-state index in [1.807, 2.05) is 12.3 Å². The first-order valence-electron chi connectivity index (χ1n) is 6.96. The van der Waals surface area contributed by atoms with Crippen molar-refractivity contribution in [3.05, 3.63) is 15.8 Å². The van der Waals surface area contributed by atoms with Gasteiger partial charge in [-0.15, -0.1) is 11.3 Å². The second-order valence-electron chi connectivity index (χ2n) is 5.51. The molecule has 1 atom stereocenters. The summed E-state index contributed by atoms with van der Waals surface area (Å²) in [5.41, 5.74) is 0.828. The maximum absolute atomic E-state index is 12.6. The molecule has 1 aliphatic heterocycles. The molecule has 1 aromatic heterocycles. The lowest BCUT2D eigenvalue weighted by Gasteiger charge is -2.13. The Morgan fingerprint density at radius 2 is 2.15 bits per heavy atom. The van der Waals surface area contributed by atoms with Gasteiger partial charge < -0.3 is 10.1 Å². The van der Waals surface area contributed by atoms with Crippen molar-refractivity contribution in [2.24, 2.45) is 0 Å². The summed E-state index contributed by atoms with van der Waals surface area (Å²) in [6.45, 7) is 3.60. The molecule has 1 unspecified atom stereocenters. The molecule has 0 aromatic carbocycles. The van der Waals surface area contributed by atoms with Gasteiger partial charge in [0.25, 0.3) is 0 Å². The third kappa shape index (κ3) is 3.23. The SMILES string of the molecule is Cc1csc(CNC2CC2)c1S(=O)(=O)NC1CCOC1. The van der Waals surface area contributed by atoms with Crippen LogP contribution in [0.15, 0.2) is 10.3 Å². The Bertz CT molecular complexity index is 572. The molecule has 112 valence electrons. The number of ether oxygens (including phenoxy) is 1. The molecule has 0 amide bonds. The second-order valence-corrected chi connectivity index (χ2v) is 8.12. The Kier molecular flexibility index (Phi) is 4.14. The van der Waals surface area contributed by atoms with E-state index < -0.39 is 10.0 Å². The molecule has 5 nitrogen and oxygen atoms in total. The number of hydrogen-bond acceptors (Lipinski definition) is 5. The third-order valence-electron chi connectivity index (χ3n) is 3.64. The first-order chi connectivity index (χ1) is 9.56. The van der Waals surface area contributed by atoms with E-state index in [1.54, 1.807) is 0 Å². The van der Waals surface area contributed by atoms with E-state index in [0.29, 0.717) is 30.7 Å². The highest BCUT2D eigenvalue weighted by Crippen LogP contribution is 2.28. The fourth-order valence-corrected chi connectivity index (χ4v) is 5.42. The summed E-state index contributed by atoms with van der Waals surface area (Å²) in [7, 11) is -3.45. The predicted molar refractivity (Wildman–Crippen MR) is 78.5 cm³/mol. The van der Waals surface area contributed by atoms with Gasteiger partial charge in [-0.05, 0) is 37.1 Å². The van der Waals surface area contributed by atoms with Crippen LogP contribution in [-0.2, 0) is 21.3 Å². The van der Waals surface area contributed by atoms with Crippen molar-refractivity contribution < 1.29 is 13.2 Å². The van der Waals surface area contributed by atoms with Gasteiger partial charge in [-0.1, -0.05) is 0 Å². The van der Waals surface area contributed by atoms with E-state index in [0.717, 1.165) is 16.9 Å². The van der Waals surface area contributed by atoms with Gasteiger partial charge in [0.2, 0.25) is 10.0 Å². The summed E-state index contributed by atoms with van der Waals surface area (Å²) in [5, 5.41) is 5.31. The Labute approximate surface area is 123 Å². The Balaban J connectivity index is 1.77. The van der Waals surface area contributed by atoms with Crippen LogP contribution >= 0.6 is 11.3 Å². The normalized spacial score (nSPS) is 23.4. The fraction of sp³-hybridized carbons (Fsp3) is 0.692. The van der Waals surface area contributed by atoms with Crippen molar-refractivity contribution in [1.82, 2.24) is 10.0 Å². The lowest BCUT2D eigenvalue weighted by atomic mass is 10.3. The third-order valence-corrected chi connectivity index (χ3v) is 6.62. The van der Waals surface area contributed by atoms with Crippen molar-refractivity contribution in [3.63, 3.8) is 0 Å². The zero-order chi connectivity index (χ0) is 14.2. The maximum atomic E-state index is 12.6. The molecule has 1 saturated carbocycles. The highest BCUT2D eigenvalue weighted by molar-refractivity contribution is 7.89. The van der Waals surface area contributed by atoms with Crippen LogP contribution < -0.4 is 10.0 Å². The Morgan fingerprint density at radius 3 is 2.80 bits per heavy atom. The zero-order valence-electron chi connectivity index (χ0n) is 11.5.